The first-order chi connectivity index (χ1) is 9.61. The molecule has 3 nitrogen and oxygen atoms in total. The molecule has 2 rings (SSSR count). The van der Waals surface area contributed by atoms with E-state index in [1.807, 2.05) is 0 Å². The normalized spacial score (nSPS) is 19.2. The summed E-state index contributed by atoms with van der Waals surface area (Å²) >= 11 is 5.83. The van der Waals surface area contributed by atoms with E-state index in [-0.39, 0.29) is 23.1 Å². The average molecular weight is 304 g/mol. The molecule has 1 heterocycles. The zero-order valence-electron chi connectivity index (χ0n) is 10.9. The predicted molar refractivity (Wildman–Crippen MR) is 72.4 cm³/mol. The lowest BCUT2D eigenvalue weighted by atomic mass is 9.99. The summed E-state index contributed by atoms with van der Waals surface area (Å²) in [5.74, 6) is 0.396. The summed E-state index contributed by atoms with van der Waals surface area (Å²) in [7, 11) is 0. The van der Waals surface area contributed by atoms with E-state index in [0.717, 1.165) is 12.8 Å². The maximum absolute atomic E-state index is 12.4. The summed E-state index contributed by atoms with van der Waals surface area (Å²) in [4.78, 5) is 14.1. The number of para-hydroxylation sites is 1. The van der Waals surface area contributed by atoms with Gasteiger partial charge in [0, 0.05) is 19.0 Å². The van der Waals surface area contributed by atoms with Gasteiger partial charge in [-0.3, -0.25) is 4.79 Å². The van der Waals surface area contributed by atoms with Crippen LogP contribution in [0.3, 0.4) is 0 Å². The number of hydrogen-bond donors (Lipinski definition) is 0. The summed E-state index contributed by atoms with van der Waals surface area (Å²) in [6.07, 6.45) is 1.86. The molecule has 0 saturated carbocycles. The van der Waals surface area contributed by atoms with Gasteiger partial charge in [0.1, 0.15) is 5.75 Å². The second-order valence-corrected chi connectivity index (χ2v) is 5.10. The van der Waals surface area contributed by atoms with Gasteiger partial charge >= 0.3 is 6.61 Å². The van der Waals surface area contributed by atoms with Gasteiger partial charge < -0.3 is 9.64 Å². The van der Waals surface area contributed by atoms with Crippen molar-refractivity contribution in [3.05, 3.63) is 29.8 Å². The first-order valence-electron chi connectivity index (χ1n) is 6.51. The van der Waals surface area contributed by atoms with Crippen LogP contribution in [0.15, 0.2) is 24.3 Å². The van der Waals surface area contributed by atoms with Crippen molar-refractivity contribution >= 4 is 17.5 Å². The quantitative estimate of drug-likeness (QED) is 0.798. The Morgan fingerprint density at radius 2 is 2.20 bits per heavy atom. The molecule has 1 aromatic rings. The number of likely N-dealkylation sites (tertiary alicyclic amines) is 1. The van der Waals surface area contributed by atoms with Crippen molar-refractivity contribution < 1.29 is 18.3 Å². The number of hydrogen-bond acceptors (Lipinski definition) is 2. The van der Waals surface area contributed by atoms with E-state index in [2.05, 4.69) is 4.74 Å². The van der Waals surface area contributed by atoms with Crippen LogP contribution < -0.4 is 4.74 Å². The molecule has 1 unspecified atom stereocenters. The smallest absolute Gasteiger partial charge is 0.387 e. The maximum Gasteiger partial charge on any atom is 0.387 e. The Labute approximate surface area is 121 Å². The van der Waals surface area contributed by atoms with Crippen LogP contribution >= 0.6 is 11.6 Å². The van der Waals surface area contributed by atoms with Gasteiger partial charge in [-0.15, -0.1) is 11.6 Å². The highest BCUT2D eigenvalue weighted by molar-refractivity contribution is 6.18. The van der Waals surface area contributed by atoms with E-state index in [1.165, 1.54) is 12.1 Å². The molecular weight excluding hydrogens is 288 g/mol. The van der Waals surface area contributed by atoms with Crippen molar-refractivity contribution in [2.45, 2.75) is 19.5 Å². The fourth-order valence-electron chi connectivity index (χ4n) is 2.39. The standard InChI is InChI=1S/C14H16ClF2NO2/c15-8-10-4-3-7-18(9-10)13(19)11-5-1-2-6-12(11)20-14(16)17/h1-2,5-6,10,14H,3-4,7-9H2. The summed E-state index contributed by atoms with van der Waals surface area (Å²) in [5, 5.41) is 0. The highest BCUT2D eigenvalue weighted by Gasteiger charge is 2.26. The minimum absolute atomic E-state index is 0.0829. The topological polar surface area (TPSA) is 29.5 Å². The number of ether oxygens (including phenoxy) is 1. The van der Waals surface area contributed by atoms with Gasteiger partial charge in [-0.25, -0.2) is 0 Å². The number of benzene rings is 1. The SMILES string of the molecule is O=C(c1ccccc1OC(F)F)N1CCCC(CCl)C1. The maximum atomic E-state index is 12.4. The molecule has 0 aromatic heterocycles. The first kappa shape index (κ1) is 15.0. The van der Waals surface area contributed by atoms with Crippen LogP contribution in [0.25, 0.3) is 0 Å². The van der Waals surface area contributed by atoms with Gasteiger partial charge in [-0.2, -0.15) is 8.78 Å². The highest BCUT2D eigenvalue weighted by atomic mass is 35.5. The summed E-state index contributed by atoms with van der Waals surface area (Å²) < 4.78 is 29.1. The monoisotopic (exact) mass is 303 g/mol. The first-order valence-corrected chi connectivity index (χ1v) is 7.04. The van der Waals surface area contributed by atoms with E-state index in [0.29, 0.717) is 19.0 Å². The van der Waals surface area contributed by atoms with Crippen LogP contribution in [0.4, 0.5) is 8.78 Å². The second-order valence-electron chi connectivity index (χ2n) is 4.79. The lowest BCUT2D eigenvalue weighted by molar-refractivity contribution is -0.0503. The van der Waals surface area contributed by atoms with Crippen LogP contribution in [0.1, 0.15) is 23.2 Å². The largest absolute Gasteiger partial charge is 0.434 e. The number of rotatable bonds is 4. The van der Waals surface area contributed by atoms with E-state index in [1.54, 1.807) is 17.0 Å². The zero-order chi connectivity index (χ0) is 14.5. The zero-order valence-corrected chi connectivity index (χ0v) is 11.7. The molecule has 0 aliphatic carbocycles. The van der Waals surface area contributed by atoms with Crippen LogP contribution in [-0.4, -0.2) is 36.4 Å². The molecule has 0 radical (unpaired) electrons. The fourth-order valence-corrected chi connectivity index (χ4v) is 2.64. The Morgan fingerprint density at radius 3 is 2.90 bits per heavy atom. The highest BCUT2D eigenvalue weighted by Crippen LogP contribution is 2.25. The van der Waals surface area contributed by atoms with Gasteiger partial charge in [-0.05, 0) is 30.9 Å². The summed E-state index contributed by atoms with van der Waals surface area (Å²) in [5.41, 5.74) is 0.169. The van der Waals surface area contributed by atoms with Crippen LogP contribution in [0, 0.1) is 5.92 Å². The molecule has 1 saturated heterocycles. The Kier molecular flexibility index (Phi) is 5.17. The van der Waals surface area contributed by atoms with E-state index >= 15 is 0 Å². The van der Waals surface area contributed by atoms with Crippen LogP contribution in [0.5, 0.6) is 5.75 Å². The van der Waals surface area contributed by atoms with Crippen molar-refractivity contribution in [3.63, 3.8) is 0 Å². The molecule has 1 amide bonds. The number of nitrogens with zero attached hydrogens (tertiary/aromatic N) is 1. The predicted octanol–water partition coefficient (Wildman–Crippen LogP) is 3.38. The third-order valence-corrected chi connectivity index (χ3v) is 3.79. The number of carbonyl (C=O) groups excluding carboxylic acids is 1. The van der Waals surface area contributed by atoms with Crippen molar-refractivity contribution in [1.29, 1.82) is 0 Å². The van der Waals surface area contributed by atoms with Crippen molar-refractivity contribution in [1.82, 2.24) is 4.90 Å². The Balaban J connectivity index is 2.16. The number of amides is 1. The van der Waals surface area contributed by atoms with Gasteiger partial charge in [0.25, 0.3) is 5.91 Å². The minimum Gasteiger partial charge on any atom is -0.434 e. The van der Waals surface area contributed by atoms with Crippen LogP contribution in [-0.2, 0) is 0 Å². The molecule has 20 heavy (non-hydrogen) atoms. The van der Waals surface area contributed by atoms with Crippen LogP contribution in [0.2, 0.25) is 0 Å². The molecule has 0 bridgehead atoms. The average Bonchev–Trinajstić information content (AvgIpc) is 2.46. The molecular formula is C14H16ClF2NO2. The fraction of sp³-hybridized carbons (Fsp3) is 0.500. The third-order valence-electron chi connectivity index (χ3n) is 3.36. The summed E-state index contributed by atoms with van der Waals surface area (Å²) in [6.45, 7) is -1.76. The van der Waals surface area contributed by atoms with Crippen molar-refractivity contribution in [2.24, 2.45) is 5.92 Å². The van der Waals surface area contributed by atoms with E-state index < -0.39 is 6.61 Å². The molecule has 1 aliphatic rings. The molecule has 0 spiro atoms. The van der Waals surface area contributed by atoms with E-state index in [9.17, 15) is 13.6 Å². The van der Waals surface area contributed by atoms with Gasteiger partial charge in [-0.1, -0.05) is 12.1 Å². The molecule has 1 fully saturated rings. The Hall–Kier alpha value is -1.36. The number of alkyl halides is 3. The lowest BCUT2D eigenvalue weighted by Gasteiger charge is -2.32. The van der Waals surface area contributed by atoms with Gasteiger partial charge in [0.15, 0.2) is 0 Å². The lowest BCUT2D eigenvalue weighted by Crippen LogP contribution is -2.40. The second kappa shape index (κ2) is 6.88. The number of piperidine rings is 1. The Bertz CT molecular complexity index is 470. The van der Waals surface area contributed by atoms with Crippen molar-refractivity contribution in [3.8, 4) is 5.75 Å². The molecule has 1 atom stereocenters. The van der Waals surface area contributed by atoms with Gasteiger partial charge in [0.05, 0.1) is 5.56 Å². The number of halogens is 3. The summed E-state index contributed by atoms with van der Waals surface area (Å²) in [6, 6.07) is 6.08. The molecule has 6 heteroatoms. The number of carbonyl (C=O) groups is 1. The Morgan fingerprint density at radius 1 is 1.45 bits per heavy atom. The molecule has 1 aliphatic heterocycles. The minimum atomic E-state index is -2.94. The molecule has 1 aromatic carbocycles. The van der Waals surface area contributed by atoms with E-state index in [4.69, 9.17) is 11.6 Å². The molecule has 110 valence electrons. The van der Waals surface area contributed by atoms with Crippen molar-refractivity contribution in [2.75, 3.05) is 19.0 Å². The van der Waals surface area contributed by atoms with Gasteiger partial charge in [0.2, 0.25) is 0 Å². The molecule has 0 N–H and O–H groups in total. The third kappa shape index (κ3) is 3.60.